The number of hydrogen-bond acceptors (Lipinski definition) is 3. The number of nitrogens with zero attached hydrogens (tertiary/aromatic N) is 2. The zero-order chi connectivity index (χ0) is 16.3. The summed E-state index contributed by atoms with van der Waals surface area (Å²) < 4.78 is 0. The van der Waals surface area contributed by atoms with Crippen molar-refractivity contribution in [1.82, 2.24) is 9.88 Å². The summed E-state index contributed by atoms with van der Waals surface area (Å²) in [7, 11) is 3.79. The number of rotatable bonds is 4. The molecule has 2 aromatic rings. The number of aryl methyl sites for hydroxylation is 3. The van der Waals surface area contributed by atoms with Gasteiger partial charge in [0.25, 0.3) is 0 Å². The molecule has 22 heavy (non-hydrogen) atoms. The molecule has 4 nitrogen and oxygen atoms in total. The molecule has 1 aromatic heterocycles. The molecule has 0 fully saturated rings. The average Bonchev–Trinajstić information content (AvgIpc) is 2.43. The van der Waals surface area contributed by atoms with E-state index in [2.05, 4.69) is 29.4 Å². The Morgan fingerprint density at radius 1 is 1.18 bits per heavy atom. The van der Waals surface area contributed by atoms with Crippen LogP contribution in [0.5, 0.6) is 0 Å². The van der Waals surface area contributed by atoms with Crippen LogP contribution in [-0.2, 0) is 4.79 Å². The van der Waals surface area contributed by atoms with E-state index in [1.54, 1.807) is 12.4 Å². The van der Waals surface area contributed by atoms with E-state index in [-0.39, 0.29) is 11.9 Å². The fourth-order valence-electron chi connectivity index (χ4n) is 2.79. The third-order valence-corrected chi connectivity index (χ3v) is 3.69. The molecule has 1 heterocycles. The number of benzene rings is 1. The van der Waals surface area contributed by atoms with Crippen molar-refractivity contribution < 1.29 is 4.79 Å². The molecule has 4 heteroatoms. The van der Waals surface area contributed by atoms with Gasteiger partial charge < -0.3 is 5.32 Å². The number of carbonyl (C=O) groups is 1. The summed E-state index contributed by atoms with van der Waals surface area (Å²) in [5, 5.41) is 3.08. The number of hydrogen-bond donors (Lipinski definition) is 1. The van der Waals surface area contributed by atoms with E-state index in [1.807, 2.05) is 45.0 Å². The van der Waals surface area contributed by atoms with Crippen LogP contribution < -0.4 is 5.32 Å². The number of pyridine rings is 1. The molecule has 0 saturated carbocycles. The minimum Gasteiger partial charge on any atom is -0.324 e. The molecule has 0 spiro atoms. The molecule has 0 aliphatic heterocycles. The van der Waals surface area contributed by atoms with Gasteiger partial charge in [-0.05, 0) is 57.6 Å². The van der Waals surface area contributed by atoms with Crippen molar-refractivity contribution in [3.05, 3.63) is 58.9 Å². The Hall–Kier alpha value is -2.20. The number of amides is 1. The first kappa shape index (κ1) is 16.2. The van der Waals surface area contributed by atoms with Crippen molar-refractivity contribution in [2.75, 3.05) is 19.4 Å². The van der Waals surface area contributed by atoms with Crippen LogP contribution in [0, 0.1) is 20.8 Å². The quantitative estimate of drug-likeness (QED) is 0.942. The Morgan fingerprint density at radius 3 is 2.32 bits per heavy atom. The molecule has 1 unspecified atom stereocenters. The first-order valence-electron chi connectivity index (χ1n) is 7.35. The summed E-state index contributed by atoms with van der Waals surface area (Å²) >= 11 is 0. The predicted octanol–water partition coefficient (Wildman–Crippen LogP) is 3.25. The first-order chi connectivity index (χ1) is 10.4. The highest BCUT2D eigenvalue weighted by Crippen LogP contribution is 2.25. The van der Waals surface area contributed by atoms with Crippen LogP contribution >= 0.6 is 0 Å². The van der Waals surface area contributed by atoms with Crippen molar-refractivity contribution in [1.29, 1.82) is 0 Å². The maximum atomic E-state index is 12.8. The van der Waals surface area contributed by atoms with Gasteiger partial charge in [0.05, 0.1) is 0 Å². The molecule has 1 atom stereocenters. The molecule has 2 rings (SSSR count). The van der Waals surface area contributed by atoms with E-state index < -0.39 is 0 Å². The second-order valence-electron chi connectivity index (χ2n) is 5.92. The van der Waals surface area contributed by atoms with Crippen molar-refractivity contribution in [3.8, 4) is 0 Å². The summed E-state index contributed by atoms with van der Waals surface area (Å²) in [6.07, 6.45) is 3.45. The van der Waals surface area contributed by atoms with Gasteiger partial charge in [0.1, 0.15) is 6.04 Å². The summed E-state index contributed by atoms with van der Waals surface area (Å²) in [5.74, 6) is -0.0481. The standard InChI is InChI=1S/C18H23N3O/c1-12-9-13(2)16(14(3)10-12)20-18(22)17(21(4)5)15-7-6-8-19-11-15/h6-11,17H,1-5H3,(H,20,22). The van der Waals surface area contributed by atoms with Crippen LogP contribution in [0.15, 0.2) is 36.7 Å². The van der Waals surface area contributed by atoms with E-state index in [4.69, 9.17) is 0 Å². The number of aromatic nitrogens is 1. The lowest BCUT2D eigenvalue weighted by Gasteiger charge is -2.24. The van der Waals surface area contributed by atoms with E-state index in [0.717, 1.165) is 22.4 Å². The van der Waals surface area contributed by atoms with Gasteiger partial charge in [0, 0.05) is 18.1 Å². The molecule has 0 saturated heterocycles. The van der Waals surface area contributed by atoms with Gasteiger partial charge in [-0.3, -0.25) is 14.7 Å². The Morgan fingerprint density at radius 2 is 1.82 bits per heavy atom. The highest BCUT2D eigenvalue weighted by atomic mass is 16.2. The van der Waals surface area contributed by atoms with E-state index in [1.165, 1.54) is 5.56 Å². The highest BCUT2D eigenvalue weighted by Gasteiger charge is 2.24. The van der Waals surface area contributed by atoms with Crippen molar-refractivity contribution in [3.63, 3.8) is 0 Å². The van der Waals surface area contributed by atoms with Gasteiger partial charge in [0.2, 0.25) is 5.91 Å². The largest absolute Gasteiger partial charge is 0.324 e. The maximum absolute atomic E-state index is 12.8. The minimum absolute atomic E-state index is 0.0481. The lowest BCUT2D eigenvalue weighted by molar-refractivity contribution is -0.120. The highest BCUT2D eigenvalue weighted by molar-refractivity contribution is 5.96. The van der Waals surface area contributed by atoms with Gasteiger partial charge in [-0.1, -0.05) is 23.8 Å². The van der Waals surface area contributed by atoms with Crippen LogP contribution in [0.3, 0.4) is 0 Å². The molecule has 116 valence electrons. The second-order valence-corrected chi connectivity index (χ2v) is 5.92. The Bertz CT molecular complexity index is 642. The third-order valence-electron chi connectivity index (χ3n) is 3.69. The molecule has 0 bridgehead atoms. The molecule has 1 aromatic carbocycles. The summed E-state index contributed by atoms with van der Waals surface area (Å²) in [6.45, 7) is 6.10. The summed E-state index contributed by atoms with van der Waals surface area (Å²) in [4.78, 5) is 18.8. The molecular formula is C18H23N3O. The fraction of sp³-hybridized carbons (Fsp3) is 0.333. The van der Waals surface area contributed by atoms with Gasteiger partial charge in [-0.2, -0.15) is 0 Å². The molecule has 0 aliphatic carbocycles. The second kappa shape index (κ2) is 6.71. The molecule has 1 N–H and O–H groups in total. The molecule has 0 radical (unpaired) electrons. The number of nitrogens with one attached hydrogen (secondary N) is 1. The Labute approximate surface area is 132 Å². The normalized spacial score (nSPS) is 12.3. The van der Waals surface area contributed by atoms with Crippen LogP contribution in [0.2, 0.25) is 0 Å². The van der Waals surface area contributed by atoms with E-state index >= 15 is 0 Å². The zero-order valence-electron chi connectivity index (χ0n) is 13.8. The van der Waals surface area contributed by atoms with Crippen LogP contribution in [0.4, 0.5) is 5.69 Å². The van der Waals surface area contributed by atoms with Crippen molar-refractivity contribution in [2.24, 2.45) is 0 Å². The lowest BCUT2D eigenvalue weighted by Crippen LogP contribution is -2.32. The summed E-state index contributed by atoms with van der Waals surface area (Å²) in [6, 6.07) is 7.57. The summed E-state index contributed by atoms with van der Waals surface area (Å²) in [5.41, 5.74) is 5.13. The van der Waals surface area contributed by atoms with Crippen molar-refractivity contribution in [2.45, 2.75) is 26.8 Å². The first-order valence-corrected chi connectivity index (χ1v) is 7.35. The number of anilines is 1. The van der Waals surface area contributed by atoms with Crippen molar-refractivity contribution >= 4 is 11.6 Å². The monoisotopic (exact) mass is 297 g/mol. The zero-order valence-corrected chi connectivity index (χ0v) is 13.8. The number of likely N-dealkylation sites (N-methyl/N-ethyl adjacent to an activating group) is 1. The molecule has 1 amide bonds. The smallest absolute Gasteiger partial charge is 0.246 e. The third kappa shape index (κ3) is 3.52. The SMILES string of the molecule is Cc1cc(C)c(NC(=O)C(c2cccnc2)N(C)C)c(C)c1. The average molecular weight is 297 g/mol. The Kier molecular flexibility index (Phi) is 4.93. The van der Waals surface area contributed by atoms with E-state index in [0.29, 0.717) is 0 Å². The predicted molar refractivity (Wildman–Crippen MR) is 89.9 cm³/mol. The Balaban J connectivity index is 2.30. The van der Waals surface area contributed by atoms with Gasteiger partial charge >= 0.3 is 0 Å². The van der Waals surface area contributed by atoms with Gasteiger partial charge in [-0.15, -0.1) is 0 Å². The van der Waals surface area contributed by atoms with Crippen LogP contribution in [0.25, 0.3) is 0 Å². The fourth-order valence-corrected chi connectivity index (χ4v) is 2.79. The van der Waals surface area contributed by atoms with Gasteiger partial charge in [-0.25, -0.2) is 0 Å². The number of carbonyl (C=O) groups excluding carboxylic acids is 1. The van der Waals surface area contributed by atoms with Gasteiger partial charge in [0.15, 0.2) is 0 Å². The van der Waals surface area contributed by atoms with Crippen LogP contribution in [0.1, 0.15) is 28.3 Å². The maximum Gasteiger partial charge on any atom is 0.246 e. The molecule has 0 aliphatic rings. The topological polar surface area (TPSA) is 45.2 Å². The molecular weight excluding hydrogens is 274 g/mol. The van der Waals surface area contributed by atoms with E-state index in [9.17, 15) is 4.79 Å². The minimum atomic E-state index is -0.367. The van der Waals surface area contributed by atoms with Crippen LogP contribution in [-0.4, -0.2) is 29.9 Å². The lowest BCUT2D eigenvalue weighted by atomic mass is 10.0.